The number of amides is 3. The van der Waals surface area contributed by atoms with Crippen molar-refractivity contribution in [3.8, 4) is 0 Å². The van der Waals surface area contributed by atoms with Crippen LogP contribution in [0.15, 0.2) is 52.8 Å². The smallest absolute Gasteiger partial charge is 0.278 e. The molecule has 1 aromatic heterocycles. The molecule has 3 heterocycles. The van der Waals surface area contributed by atoms with Gasteiger partial charge in [-0.25, -0.2) is 0 Å². The average Bonchev–Trinajstić information content (AvgIpc) is 3.36. The summed E-state index contributed by atoms with van der Waals surface area (Å²) in [6.45, 7) is 7.66. The number of anilines is 1. The summed E-state index contributed by atoms with van der Waals surface area (Å²) in [5.41, 5.74) is 2.14. The maximum atomic E-state index is 13.4. The van der Waals surface area contributed by atoms with Crippen molar-refractivity contribution < 1.29 is 18.8 Å². The highest BCUT2D eigenvalue weighted by Crippen LogP contribution is 2.33. The highest BCUT2D eigenvalue weighted by Gasteiger charge is 2.42. The summed E-state index contributed by atoms with van der Waals surface area (Å²) in [5.74, 6) is -0.244. The van der Waals surface area contributed by atoms with E-state index >= 15 is 0 Å². The van der Waals surface area contributed by atoms with Crippen LogP contribution in [-0.2, 0) is 20.9 Å². The first kappa shape index (κ1) is 20.9. The third-order valence-corrected chi connectivity index (χ3v) is 5.67. The quantitative estimate of drug-likeness (QED) is 0.718. The molecular formula is C23H26N4O4. The largest absolute Gasteiger partial charge is 0.467 e. The van der Waals surface area contributed by atoms with E-state index in [-0.39, 0.29) is 24.3 Å². The molecule has 1 saturated heterocycles. The molecule has 31 heavy (non-hydrogen) atoms. The molecule has 1 aromatic carbocycles. The molecule has 0 aliphatic carbocycles. The van der Waals surface area contributed by atoms with Gasteiger partial charge in [-0.3, -0.25) is 19.3 Å². The monoisotopic (exact) mass is 422 g/mol. The van der Waals surface area contributed by atoms with E-state index < -0.39 is 0 Å². The second kappa shape index (κ2) is 8.77. The molecule has 162 valence electrons. The molecule has 0 bridgehead atoms. The van der Waals surface area contributed by atoms with E-state index in [0.717, 1.165) is 19.6 Å². The summed E-state index contributed by atoms with van der Waals surface area (Å²) in [6.07, 6.45) is 1.53. The fourth-order valence-electron chi connectivity index (χ4n) is 4.03. The van der Waals surface area contributed by atoms with Gasteiger partial charge in [-0.15, -0.1) is 0 Å². The molecule has 2 aliphatic rings. The summed E-state index contributed by atoms with van der Waals surface area (Å²) in [5, 5.41) is 2.72. The highest BCUT2D eigenvalue weighted by atomic mass is 16.3. The SMILES string of the molecule is CCN1CCN(C2=C(c3ccc(NC(C)=O)cc3)C(=O)N(Cc3ccco3)C2=O)CC1. The van der Waals surface area contributed by atoms with Crippen molar-refractivity contribution in [1.82, 2.24) is 14.7 Å². The van der Waals surface area contributed by atoms with E-state index in [4.69, 9.17) is 4.42 Å². The Hall–Kier alpha value is -3.39. The van der Waals surface area contributed by atoms with Gasteiger partial charge >= 0.3 is 0 Å². The van der Waals surface area contributed by atoms with Crippen molar-refractivity contribution in [3.05, 3.63) is 59.7 Å². The number of benzene rings is 1. The predicted molar refractivity (Wildman–Crippen MR) is 116 cm³/mol. The van der Waals surface area contributed by atoms with E-state index in [1.165, 1.54) is 18.1 Å². The number of nitrogens with one attached hydrogen (secondary N) is 1. The number of likely N-dealkylation sites (N-methyl/N-ethyl adjacent to an activating group) is 1. The van der Waals surface area contributed by atoms with E-state index in [2.05, 4.69) is 17.1 Å². The molecule has 0 saturated carbocycles. The van der Waals surface area contributed by atoms with Gasteiger partial charge in [0.25, 0.3) is 11.8 Å². The van der Waals surface area contributed by atoms with Crippen molar-refractivity contribution in [2.24, 2.45) is 0 Å². The van der Waals surface area contributed by atoms with Gasteiger partial charge in [0.2, 0.25) is 5.91 Å². The van der Waals surface area contributed by atoms with Crippen molar-refractivity contribution in [2.75, 3.05) is 38.0 Å². The lowest BCUT2D eigenvalue weighted by atomic mass is 10.0. The van der Waals surface area contributed by atoms with Crippen LogP contribution in [0.5, 0.6) is 0 Å². The zero-order valence-corrected chi connectivity index (χ0v) is 17.8. The van der Waals surface area contributed by atoms with Crippen LogP contribution in [0, 0.1) is 0 Å². The Morgan fingerprint density at radius 2 is 1.74 bits per heavy atom. The molecule has 3 amide bonds. The number of piperazine rings is 1. The number of carbonyl (C=O) groups is 3. The summed E-state index contributed by atoms with van der Waals surface area (Å²) in [4.78, 5) is 43.7. The van der Waals surface area contributed by atoms with E-state index in [1.54, 1.807) is 36.4 Å². The zero-order chi connectivity index (χ0) is 22.0. The summed E-state index contributed by atoms with van der Waals surface area (Å²) in [7, 11) is 0. The molecular weight excluding hydrogens is 396 g/mol. The maximum Gasteiger partial charge on any atom is 0.278 e. The third-order valence-electron chi connectivity index (χ3n) is 5.67. The van der Waals surface area contributed by atoms with E-state index in [0.29, 0.717) is 41.4 Å². The van der Waals surface area contributed by atoms with Gasteiger partial charge in [-0.2, -0.15) is 0 Å². The number of hydrogen-bond donors (Lipinski definition) is 1. The second-order valence-electron chi connectivity index (χ2n) is 7.68. The normalized spacial score (nSPS) is 17.6. The lowest BCUT2D eigenvalue weighted by molar-refractivity contribution is -0.138. The van der Waals surface area contributed by atoms with Gasteiger partial charge in [0.1, 0.15) is 11.5 Å². The molecule has 8 nitrogen and oxygen atoms in total. The molecule has 1 fully saturated rings. The number of rotatable bonds is 6. The molecule has 4 rings (SSSR count). The Bertz CT molecular complexity index is 1000. The first-order chi connectivity index (χ1) is 15.0. The first-order valence-electron chi connectivity index (χ1n) is 10.5. The maximum absolute atomic E-state index is 13.4. The van der Waals surface area contributed by atoms with Gasteiger partial charge in [-0.1, -0.05) is 19.1 Å². The molecule has 2 aromatic rings. The average molecular weight is 422 g/mol. The van der Waals surface area contributed by atoms with Gasteiger partial charge in [0.05, 0.1) is 18.4 Å². The van der Waals surface area contributed by atoms with Crippen LogP contribution < -0.4 is 5.32 Å². The van der Waals surface area contributed by atoms with Crippen LogP contribution in [-0.4, -0.2) is 65.1 Å². The van der Waals surface area contributed by atoms with Crippen LogP contribution in [0.3, 0.4) is 0 Å². The summed E-state index contributed by atoms with van der Waals surface area (Å²) in [6, 6.07) is 10.5. The fraction of sp³-hybridized carbons (Fsp3) is 0.348. The van der Waals surface area contributed by atoms with Gasteiger partial charge < -0.3 is 19.5 Å². The van der Waals surface area contributed by atoms with Crippen LogP contribution in [0.2, 0.25) is 0 Å². The summed E-state index contributed by atoms with van der Waals surface area (Å²) < 4.78 is 5.37. The Kier molecular flexibility index (Phi) is 5.90. The molecule has 1 N–H and O–H groups in total. The minimum absolute atomic E-state index is 0.0938. The number of furan rings is 1. The van der Waals surface area contributed by atoms with Gasteiger partial charge in [0.15, 0.2) is 0 Å². The first-order valence-corrected chi connectivity index (χ1v) is 10.5. The van der Waals surface area contributed by atoms with E-state index in [1.807, 2.05) is 4.90 Å². The minimum Gasteiger partial charge on any atom is -0.467 e. The Labute approximate surface area is 181 Å². The van der Waals surface area contributed by atoms with E-state index in [9.17, 15) is 14.4 Å². The number of hydrogen-bond acceptors (Lipinski definition) is 6. The molecule has 0 spiro atoms. The van der Waals surface area contributed by atoms with Crippen LogP contribution in [0.4, 0.5) is 5.69 Å². The van der Waals surface area contributed by atoms with Crippen molar-refractivity contribution in [2.45, 2.75) is 20.4 Å². The number of nitrogens with zero attached hydrogens (tertiary/aromatic N) is 3. The lowest BCUT2D eigenvalue weighted by Crippen LogP contribution is -2.47. The van der Waals surface area contributed by atoms with Crippen LogP contribution in [0.25, 0.3) is 5.57 Å². The molecule has 8 heteroatoms. The fourth-order valence-corrected chi connectivity index (χ4v) is 4.03. The molecule has 0 unspecified atom stereocenters. The Morgan fingerprint density at radius 3 is 2.32 bits per heavy atom. The van der Waals surface area contributed by atoms with Gasteiger partial charge in [0, 0.05) is 38.8 Å². The van der Waals surface area contributed by atoms with Crippen LogP contribution in [0.1, 0.15) is 25.2 Å². The van der Waals surface area contributed by atoms with Gasteiger partial charge in [-0.05, 0) is 36.4 Å². The Morgan fingerprint density at radius 1 is 1.03 bits per heavy atom. The third kappa shape index (κ3) is 4.25. The summed E-state index contributed by atoms with van der Waals surface area (Å²) >= 11 is 0. The topological polar surface area (TPSA) is 86.1 Å². The molecule has 0 radical (unpaired) electrons. The Balaban J connectivity index is 1.68. The van der Waals surface area contributed by atoms with Crippen molar-refractivity contribution in [1.29, 1.82) is 0 Å². The minimum atomic E-state index is -0.332. The molecule has 0 atom stereocenters. The number of carbonyl (C=O) groups excluding carboxylic acids is 3. The zero-order valence-electron chi connectivity index (χ0n) is 17.8. The lowest BCUT2D eigenvalue weighted by Gasteiger charge is -2.35. The second-order valence-corrected chi connectivity index (χ2v) is 7.68. The highest BCUT2D eigenvalue weighted by molar-refractivity contribution is 6.35. The van der Waals surface area contributed by atoms with Crippen molar-refractivity contribution >= 4 is 29.0 Å². The number of imide groups is 1. The standard InChI is InChI=1S/C23H26N4O4/c1-3-25-10-12-26(13-11-25)21-20(17-6-8-18(9-7-17)24-16(2)28)22(29)27(23(21)30)15-19-5-4-14-31-19/h4-9,14H,3,10-13,15H2,1-2H3,(H,24,28). The van der Waals surface area contributed by atoms with Crippen molar-refractivity contribution in [3.63, 3.8) is 0 Å². The molecule has 2 aliphatic heterocycles. The van der Waals surface area contributed by atoms with Crippen LogP contribution >= 0.6 is 0 Å². The predicted octanol–water partition coefficient (Wildman–Crippen LogP) is 2.16.